The second-order valence-corrected chi connectivity index (χ2v) is 7.61. The first-order valence-electron chi connectivity index (χ1n) is 10.0. The van der Waals surface area contributed by atoms with Gasteiger partial charge in [0.1, 0.15) is 11.4 Å². The van der Waals surface area contributed by atoms with E-state index in [1.54, 1.807) is 37.3 Å². The highest BCUT2D eigenvalue weighted by Crippen LogP contribution is 2.23. The first-order valence-corrected chi connectivity index (χ1v) is 10.4. The number of hydrogen-bond acceptors (Lipinski definition) is 5. The fourth-order valence-corrected chi connectivity index (χ4v) is 3.52. The lowest BCUT2D eigenvalue weighted by molar-refractivity contribution is -0.132. The molecular weight excluding hydrogens is 423 g/mol. The molecule has 8 heteroatoms. The molecule has 0 amide bonds. The van der Waals surface area contributed by atoms with Crippen molar-refractivity contribution >= 4 is 29.0 Å². The second kappa shape index (κ2) is 10.5. The molecule has 1 aliphatic heterocycles. The van der Waals surface area contributed by atoms with Crippen LogP contribution in [0.1, 0.15) is 29.3 Å². The van der Waals surface area contributed by atoms with Crippen molar-refractivity contribution in [3.05, 3.63) is 75.7 Å². The minimum Gasteiger partial charge on any atom is -0.477 e. The predicted molar refractivity (Wildman–Crippen MR) is 117 cm³/mol. The van der Waals surface area contributed by atoms with Crippen LogP contribution >= 0.6 is 11.6 Å². The van der Waals surface area contributed by atoms with Gasteiger partial charge in [0.25, 0.3) is 0 Å². The molecule has 0 aliphatic carbocycles. The van der Waals surface area contributed by atoms with Crippen LogP contribution in [-0.2, 0) is 16.1 Å². The van der Waals surface area contributed by atoms with Crippen molar-refractivity contribution in [2.45, 2.75) is 19.9 Å². The SMILES string of the molecule is CCC(Nc1ccc(Cl)cc1)=C(C(=O)O)C(=O)c1cc(CN2CCOCC2)ccc1F. The second-order valence-electron chi connectivity index (χ2n) is 7.18. The number of carbonyl (C=O) groups excluding carboxylic acids is 1. The zero-order valence-electron chi connectivity index (χ0n) is 17.2. The number of anilines is 1. The number of rotatable bonds is 8. The van der Waals surface area contributed by atoms with Crippen molar-refractivity contribution in [1.82, 2.24) is 4.90 Å². The summed E-state index contributed by atoms with van der Waals surface area (Å²) in [6.45, 7) is 4.97. The summed E-state index contributed by atoms with van der Waals surface area (Å²) in [5, 5.41) is 13.3. The summed E-state index contributed by atoms with van der Waals surface area (Å²) >= 11 is 5.89. The molecule has 2 N–H and O–H groups in total. The number of nitrogens with one attached hydrogen (secondary N) is 1. The first kappa shape index (κ1) is 22.9. The number of ketones is 1. The van der Waals surface area contributed by atoms with Gasteiger partial charge in [0.2, 0.25) is 5.78 Å². The van der Waals surface area contributed by atoms with Crippen LogP contribution in [0.25, 0.3) is 0 Å². The molecule has 0 bridgehead atoms. The van der Waals surface area contributed by atoms with Crippen LogP contribution in [0.5, 0.6) is 0 Å². The van der Waals surface area contributed by atoms with Gasteiger partial charge in [-0.25, -0.2) is 9.18 Å². The first-order chi connectivity index (χ1) is 14.9. The number of Topliss-reactive ketones (excluding diaryl/α,β-unsaturated/α-hetero) is 1. The van der Waals surface area contributed by atoms with Gasteiger partial charge >= 0.3 is 5.97 Å². The number of benzene rings is 2. The summed E-state index contributed by atoms with van der Waals surface area (Å²) in [5.41, 5.74) is 0.763. The lowest BCUT2D eigenvalue weighted by Gasteiger charge is -2.26. The van der Waals surface area contributed by atoms with E-state index in [0.717, 1.165) is 18.7 Å². The summed E-state index contributed by atoms with van der Waals surface area (Å²) in [6, 6.07) is 10.9. The van der Waals surface area contributed by atoms with Gasteiger partial charge in [0, 0.05) is 36.0 Å². The summed E-state index contributed by atoms with van der Waals surface area (Å²) in [7, 11) is 0. The molecule has 0 aromatic heterocycles. The molecular formula is C23H24ClFN2O4. The molecule has 2 aromatic rings. The minimum atomic E-state index is -1.42. The van der Waals surface area contributed by atoms with Gasteiger partial charge in [-0.1, -0.05) is 24.6 Å². The topological polar surface area (TPSA) is 78.9 Å². The van der Waals surface area contributed by atoms with Crippen LogP contribution in [0, 0.1) is 5.82 Å². The average molecular weight is 447 g/mol. The fourth-order valence-electron chi connectivity index (χ4n) is 3.40. The number of ether oxygens (including phenoxy) is 1. The lowest BCUT2D eigenvalue weighted by Crippen LogP contribution is -2.35. The summed E-state index contributed by atoms with van der Waals surface area (Å²) in [6.07, 6.45) is 0.241. The molecule has 1 heterocycles. The van der Waals surface area contributed by atoms with Crippen LogP contribution in [0.3, 0.4) is 0 Å². The van der Waals surface area contributed by atoms with Gasteiger partial charge in [0.05, 0.1) is 18.8 Å². The van der Waals surface area contributed by atoms with Crippen LogP contribution in [0.2, 0.25) is 5.02 Å². The molecule has 164 valence electrons. The van der Waals surface area contributed by atoms with E-state index in [-0.39, 0.29) is 17.7 Å². The van der Waals surface area contributed by atoms with E-state index in [1.165, 1.54) is 12.1 Å². The smallest absolute Gasteiger partial charge is 0.341 e. The van der Waals surface area contributed by atoms with Crippen molar-refractivity contribution < 1.29 is 23.8 Å². The van der Waals surface area contributed by atoms with E-state index in [4.69, 9.17) is 16.3 Å². The highest BCUT2D eigenvalue weighted by molar-refractivity contribution is 6.30. The number of aliphatic carboxylic acids is 1. The average Bonchev–Trinajstić information content (AvgIpc) is 2.76. The van der Waals surface area contributed by atoms with Crippen molar-refractivity contribution in [2.24, 2.45) is 0 Å². The standard InChI is InChI=1S/C23H24ClFN2O4/c1-2-20(26-17-6-4-16(24)5-7-17)21(23(29)30)22(28)18-13-15(3-8-19(18)25)14-27-9-11-31-12-10-27/h3-8,13,26H,2,9-12,14H2,1H3,(H,29,30). The van der Waals surface area contributed by atoms with Crippen molar-refractivity contribution in [3.8, 4) is 0 Å². The number of nitrogens with zero attached hydrogens (tertiary/aromatic N) is 1. The maximum atomic E-state index is 14.6. The van der Waals surface area contributed by atoms with E-state index >= 15 is 0 Å². The van der Waals surface area contributed by atoms with E-state index in [9.17, 15) is 19.1 Å². The lowest BCUT2D eigenvalue weighted by atomic mass is 9.98. The maximum absolute atomic E-state index is 14.6. The third-order valence-corrected chi connectivity index (χ3v) is 5.27. The van der Waals surface area contributed by atoms with Crippen LogP contribution < -0.4 is 5.32 Å². The molecule has 3 rings (SSSR count). The molecule has 31 heavy (non-hydrogen) atoms. The molecule has 1 aliphatic rings. The Kier molecular flexibility index (Phi) is 7.79. The van der Waals surface area contributed by atoms with Gasteiger partial charge in [-0.2, -0.15) is 0 Å². The Hall–Kier alpha value is -2.74. The Bertz CT molecular complexity index is 986. The highest BCUT2D eigenvalue weighted by Gasteiger charge is 2.26. The van der Waals surface area contributed by atoms with Gasteiger partial charge < -0.3 is 15.2 Å². The molecule has 2 aromatic carbocycles. The fraction of sp³-hybridized carbons (Fsp3) is 0.304. The van der Waals surface area contributed by atoms with Crippen LogP contribution in [0.15, 0.2) is 53.7 Å². The predicted octanol–water partition coefficient (Wildman–Crippen LogP) is 4.35. The molecule has 0 spiro atoms. The summed E-state index contributed by atoms with van der Waals surface area (Å²) in [4.78, 5) is 27.2. The molecule has 1 saturated heterocycles. The van der Waals surface area contributed by atoms with Crippen molar-refractivity contribution in [3.63, 3.8) is 0 Å². The third-order valence-electron chi connectivity index (χ3n) is 5.02. The molecule has 0 saturated carbocycles. The molecule has 0 radical (unpaired) electrons. The quantitative estimate of drug-likeness (QED) is 0.271. The Morgan fingerprint density at radius 3 is 2.45 bits per heavy atom. The largest absolute Gasteiger partial charge is 0.477 e. The Morgan fingerprint density at radius 1 is 1.16 bits per heavy atom. The van der Waals surface area contributed by atoms with Gasteiger partial charge in [0.15, 0.2) is 0 Å². The Labute approximate surface area is 185 Å². The third kappa shape index (κ3) is 5.91. The molecule has 0 unspecified atom stereocenters. The number of morpholine rings is 1. The molecule has 1 fully saturated rings. The zero-order valence-corrected chi connectivity index (χ0v) is 17.9. The van der Waals surface area contributed by atoms with E-state index in [1.807, 2.05) is 0 Å². The van der Waals surface area contributed by atoms with E-state index < -0.39 is 23.1 Å². The Balaban J connectivity index is 1.92. The number of carboxylic acids is 1. The van der Waals surface area contributed by atoms with Gasteiger partial charge in [-0.15, -0.1) is 0 Å². The molecule has 6 nitrogen and oxygen atoms in total. The summed E-state index contributed by atoms with van der Waals surface area (Å²) < 4.78 is 19.9. The molecule has 0 atom stereocenters. The number of allylic oxidation sites excluding steroid dienone is 1. The normalized spacial score (nSPS) is 15.3. The zero-order chi connectivity index (χ0) is 22.4. The number of carbonyl (C=O) groups is 2. The number of carboxylic acid groups (broad SMARTS) is 1. The van der Waals surface area contributed by atoms with Gasteiger partial charge in [-0.3, -0.25) is 9.69 Å². The highest BCUT2D eigenvalue weighted by atomic mass is 35.5. The van der Waals surface area contributed by atoms with E-state index in [2.05, 4.69) is 10.2 Å². The van der Waals surface area contributed by atoms with E-state index in [0.29, 0.717) is 30.5 Å². The summed E-state index contributed by atoms with van der Waals surface area (Å²) in [5.74, 6) is -3.04. The maximum Gasteiger partial charge on any atom is 0.341 e. The number of halogens is 2. The minimum absolute atomic E-state index is 0.192. The van der Waals surface area contributed by atoms with Crippen molar-refractivity contribution in [2.75, 3.05) is 31.6 Å². The van der Waals surface area contributed by atoms with Gasteiger partial charge in [-0.05, 0) is 48.4 Å². The van der Waals surface area contributed by atoms with Crippen LogP contribution in [-0.4, -0.2) is 48.1 Å². The van der Waals surface area contributed by atoms with Crippen molar-refractivity contribution in [1.29, 1.82) is 0 Å². The Morgan fingerprint density at radius 2 is 1.84 bits per heavy atom. The van der Waals surface area contributed by atoms with Crippen LogP contribution in [0.4, 0.5) is 10.1 Å². The monoisotopic (exact) mass is 446 g/mol. The number of hydrogen-bond donors (Lipinski definition) is 2.